The highest BCUT2D eigenvalue weighted by Crippen LogP contribution is 2.35. The lowest BCUT2D eigenvalue weighted by atomic mass is 10.6. The number of hydrogen-bond donors (Lipinski definition) is 0. The molecule has 0 aliphatic carbocycles. The molecule has 0 heterocycles. The first-order valence-corrected chi connectivity index (χ1v) is 6.30. The fraction of sp³-hybridized carbons (Fsp3) is 0.455. The number of hydrogen-bond acceptors (Lipinski definition) is 0. The molecule has 0 spiro atoms. The summed E-state index contributed by atoms with van der Waals surface area (Å²) in [5, 5.41) is 0. The third-order valence-electron chi connectivity index (χ3n) is 1.59. The van der Waals surface area contributed by atoms with Gasteiger partial charge in [-0.2, -0.15) is 0 Å². The molecule has 12 heavy (non-hydrogen) atoms. The van der Waals surface area contributed by atoms with Crippen LogP contribution in [0.25, 0.3) is 0 Å². The van der Waals surface area contributed by atoms with Crippen molar-refractivity contribution in [1.82, 2.24) is 0 Å². The number of allylic oxidation sites excluding steroid dienone is 5. The van der Waals surface area contributed by atoms with E-state index in [1.54, 1.807) is 0 Å². The average molecular weight is 182 g/mol. The van der Waals surface area contributed by atoms with Crippen molar-refractivity contribution >= 4 is 7.92 Å². The second kappa shape index (κ2) is 8.74. The third kappa shape index (κ3) is 6.37. The van der Waals surface area contributed by atoms with Crippen molar-refractivity contribution in [2.24, 2.45) is 0 Å². The third-order valence-corrected chi connectivity index (χ3v) is 3.81. The molecule has 0 amide bonds. The molecule has 0 N–H and O–H groups in total. The number of rotatable bonds is 6. The van der Waals surface area contributed by atoms with Crippen molar-refractivity contribution in [2.45, 2.75) is 13.8 Å². The van der Waals surface area contributed by atoms with Crippen molar-refractivity contribution in [1.29, 1.82) is 0 Å². The van der Waals surface area contributed by atoms with Gasteiger partial charge in [0.15, 0.2) is 0 Å². The molecule has 0 aromatic heterocycles. The van der Waals surface area contributed by atoms with Gasteiger partial charge in [0.05, 0.1) is 0 Å². The molecular weight excluding hydrogens is 163 g/mol. The molecule has 0 aromatic carbocycles. The van der Waals surface area contributed by atoms with Crippen LogP contribution in [0.1, 0.15) is 13.8 Å². The predicted molar refractivity (Wildman–Crippen MR) is 61.3 cm³/mol. The highest BCUT2D eigenvalue weighted by molar-refractivity contribution is 7.58. The standard InChI is InChI=1S/C11H19P/c1-4-7-10-12(9-6-3)11-8-5-2/h4-8H,3,9-11H2,1-2H3. The summed E-state index contributed by atoms with van der Waals surface area (Å²) in [6.45, 7) is 7.95. The Hall–Kier alpha value is -0.350. The Morgan fingerprint density at radius 3 is 1.83 bits per heavy atom. The van der Waals surface area contributed by atoms with Crippen LogP contribution in [0, 0.1) is 0 Å². The zero-order valence-electron chi connectivity index (χ0n) is 8.16. The first kappa shape index (κ1) is 11.6. The second-order valence-corrected chi connectivity index (χ2v) is 5.08. The normalized spacial score (nSPS) is 14.2. The van der Waals surface area contributed by atoms with E-state index in [-0.39, 0.29) is 7.92 Å². The van der Waals surface area contributed by atoms with E-state index in [9.17, 15) is 0 Å². The summed E-state index contributed by atoms with van der Waals surface area (Å²) in [6.07, 6.45) is 14.5. The minimum absolute atomic E-state index is 0.136. The largest absolute Gasteiger partial charge is 0.103 e. The Labute approximate surface area is 77.8 Å². The minimum atomic E-state index is 0.136. The van der Waals surface area contributed by atoms with Gasteiger partial charge in [-0.3, -0.25) is 0 Å². The molecule has 0 radical (unpaired) electrons. The zero-order chi connectivity index (χ0) is 9.23. The highest BCUT2D eigenvalue weighted by Gasteiger charge is 1.99. The second-order valence-electron chi connectivity index (χ2n) is 2.65. The lowest BCUT2D eigenvalue weighted by Crippen LogP contribution is -1.88. The Morgan fingerprint density at radius 1 is 1.00 bits per heavy atom. The van der Waals surface area contributed by atoms with Gasteiger partial charge in [0.25, 0.3) is 0 Å². The van der Waals surface area contributed by atoms with Crippen molar-refractivity contribution in [2.75, 3.05) is 18.5 Å². The summed E-state index contributed by atoms with van der Waals surface area (Å²) in [4.78, 5) is 0. The van der Waals surface area contributed by atoms with Gasteiger partial charge in [-0.05, 0) is 32.3 Å². The van der Waals surface area contributed by atoms with E-state index in [0.717, 1.165) is 0 Å². The van der Waals surface area contributed by atoms with E-state index in [4.69, 9.17) is 0 Å². The Balaban J connectivity index is 3.76. The smallest absolute Gasteiger partial charge is 0.0139 e. The maximum atomic E-state index is 3.78. The van der Waals surface area contributed by atoms with E-state index in [1.165, 1.54) is 18.5 Å². The van der Waals surface area contributed by atoms with Crippen molar-refractivity contribution in [3.05, 3.63) is 37.0 Å². The molecule has 1 heteroatoms. The van der Waals surface area contributed by atoms with Crippen LogP contribution >= 0.6 is 7.92 Å². The predicted octanol–water partition coefficient (Wildman–Crippen LogP) is 3.81. The summed E-state index contributed by atoms with van der Waals surface area (Å²) in [5.74, 6) is 0. The van der Waals surface area contributed by atoms with Gasteiger partial charge in [0, 0.05) is 0 Å². The van der Waals surface area contributed by atoms with Crippen LogP contribution in [-0.2, 0) is 0 Å². The van der Waals surface area contributed by atoms with Crippen LogP contribution < -0.4 is 0 Å². The summed E-state index contributed by atoms with van der Waals surface area (Å²) < 4.78 is 0. The molecule has 68 valence electrons. The van der Waals surface area contributed by atoms with Gasteiger partial charge in [0.1, 0.15) is 0 Å². The summed E-state index contributed by atoms with van der Waals surface area (Å²) in [6, 6.07) is 0. The quantitative estimate of drug-likeness (QED) is 0.433. The highest BCUT2D eigenvalue weighted by atomic mass is 31.1. The van der Waals surface area contributed by atoms with Crippen LogP contribution in [-0.4, -0.2) is 18.5 Å². The van der Waals surface area contributed by atoms with Gasteiger partial charge in [-0.1, -0.05) is 38.3 Å². The molecule has 0 fully saturated rings. The molecule has 0 saturated heterocycles. The van der Waals surface area contributed by atoms with Gasteiger partial charge in [0.2, 0.25) is 0 Å². The SMILES string of the molecule is C=CCP(CC=CC)CC=CC. The van der Waals surface area contributed by atoms with Gasteiger partial charge < -0.3 is 0 Å². The summed E-state index contributed by atoms with van der Waals surface area (Å²) >= 11 is 0. The Kier molecular flexibility index (Phi) is 8.49. The summed E-state index contributed by atoms with van der Waals surface area (Å²) in [7, 11) is 0.136. The summed E-state index contributed by atoms with van der Waals surface area (Å²) in [5.41, 5.74) is 0. The van der Waals surface area contributed by atoms with Gasteiger partial charge in [-0.15, -0.1) is 6.58 Å². The zero-order valence-corrected chi connectivity index (χ0v) is 9.06. The van der Waals surface area contributed by atoms with Gasteiger partial charge >= 0.3 is 0 Å². The van der Waals surface area contributed by atoms with Crippen LogP contribution in [0.15, 0.2) is 37.0 Å². The monoisotopic (exact) mass is 182 g/mol. The van der Waals surface area contributed by atoms with Crippen LogP contribution in [0.4, 0.5) is 0 Å². The first-order valence-electron chi connectivity index (χ1n) is 4.40. The van der Waals surface area contributed by atoms with Crippen LogP contribution in [0.3, 0.4) is 0 Å². The van der Waals surface area contributed by atoms with Crippen LogP contribution in [0.2, 0.25) is 0 Å². The molecule has 0 rings (SSSR count). The molecular formula is C11H19P. The van der Waals surface area contributed by atoms with E-state index >= 15 is 0 Å². The van der Waals surface area contributed by atoms with Crippen molar-refractivity contribution in [3.63, 3.8) is 0 Å². The Morgan fingerprint density at radius 2 is 1.50 bits per heavy atom. The van der Waals surface area contributed by atoms with Crippen molar-refractivity contribution in [3.8, 4) is 0 Å². The fourth-order valence-corrected chi connectivity index (χ4v) is 2.75. The van der Waals surface area contributed by atoms with E-state index in [0.29, 0.717) is 0 Å². The fourth-order valence-electron chi connectivity index (χ4n) is 0.915. The lowest BCUT2D eigenvalue weighted by Gasteiger charge is -2.10. The lowest BCUT2D eigenvalue weighted by molar-refractivity contribution is 1.54. The maximum Gasteiger partial charge on any atom is -0.0139 e. The molecule has 0 atom stereocenters. The van der Waals surface area contributed by atoms with E-state index in [2.05, 4.69) is 44.7 Å². The molecule has 0 bridgehead atoms. The molecule has 0 aliphatic heterocycles. The van der Waals surface area contributed by atoms with Crippen LogP contribution in [0.5, 0.6) is 0 Å². The molecule has 0 saturated carbocycles. The Bertz CT molecular complexity index is 142. The van der Waals surface area contributed by atoms with E-state index < -0.39 is 0 Å². The topological polar surface area (TPSA) is 0 Å². The maximum absolute atomic E-state index is 3.78. The van der Waals surface area contributed by atoms with Gasteiger partial charge in [-0.25, -0.2) is 0 Å². The molecule has 0 aromatic rings. The molecule has 0 unspecified atom stereocenters. The van der Waals surface area contributed by atoms with Crippen molar-refractivity contribution < 1.29 is 0 Å². The molecule has 0 nitrogen and oxygen atoms in total. The minimum Gasteiger partial charge on any atom is -0.103 e. The van der Waals surface area contributed by atoms with E-state index in [1.807, 2.05) is 6.08 Å². The molecule has 0 aliphatic rings. The average Bonchev–Trinajstić information content (AvgIpc) is 2.10. The first-order chi connectivity index (χ1) is 5.85.